The maximum Gasteiger partial charge on any atom is 0.240 e. The molecule has 3 nitrogen and oxygen atoms in total. The molecule has 19 heavy (non-hydrogen) atoms. The maximum atomic E-state index is 11.2. The number of nitrogens with one attached hydrogen (secondary N) is 1. The maximum absolute atomic E-state index is 11.2. The molecule has 0 spiro atoms. The Morgan fingerprint density at radius 2 is 1.47 bits per heavy atom. The molecule has 1 heterocycles. The Balaban J connectivity index is 2.86. The molecule has 0 saturated carbocycles. The normalized spacial score (nSPS) is 25.7. The van der Waals surface area contributed by atoms with Crippen LogP contribution in [0.5, 0.6) is 0 Å². The van der Waals surface area contributed by atoms with Crippen molar-refractivity contribution >= 4 is 25.8 Å². The van der Waals surface area contributed by atoms with E-state index in [1.807, 2.05) is 6.92 Å². The lowest BCUT2D eigenvalue weighted by Gasteiger charge is -2.47. The van der Waals surface area contributed by atoms with Crippen molar-refractivity contribution in [3.05, 3.63) is 0 Å². The minimum Gasteiger partial charge on any atom is -0.411 e. The molecule has 0 aromatic heterocycles. The fourth-order valence-electron chi connectivity index (χ4n) is 3.54. The van der Waals surface area contributed by atoms with Crippen molar-refractivity contribution in [3.63, 3.8) is 0 Å². The number of hydrogen-bond donors (Lipinski definition) is 1. The van der Waals surface area contributed by atoms with Gasteiger partial charge in [-0.3, -0.25) is 4.79 Å². The van der Waals surface area contributed by atoms with Crippen LogP contribution in [0, 0.1) is 0 Å². The van der Waals surface area contributed by atoms with E-state index >= 15 is 0 Å². The van der Waals surface area contributed by atoms with E-state index < -0.39 is 13.7 Å². The van der Waals surface area contributed by atoms with Crippen molar-refractivity contribution in [2.75, 3.05) is 0 Å². The molecule has 1 aliphatic rings. The van der Waals surface area contributed by atoms with Crippen LogP contribution in [-0.2, 0) is 9.22 Å². The summed E-state index contributed by atoms with van der Waals surface area (Å²) in [5, 5.41) is 2.42. The van der Waals surface area contributed by atoms with Crippen molar-refractivity contribution in [3.8, 4) is 0 Å². The Bertz CT molecular complexity index is 312. The first-order valence-corrected chi connectivity index (χ1v) is 9.84. The quantitative estimate of drug-likeness (QED) is 0.462. The Morgan fingerprint density at radius 3 is 1.74 bits per heavy atom. The average molecular weight is 306 g/mol. The summed E-state index contributed by atoms with van der Waals surface area (Å²) in [6.45, 7) is 15.6. The predicted molar refractivity (Wildman–Crippen MR) is 83.2 cm³/mol. The summed E-state index contributed by atoms with van der Waals surface area (Å²) in [5.74, 6) is -0.0759. The first-order chi connectivity index (χ1) is 8.64. The third-order valence-corrected chi connectivity index (χ3v) is 11.1. The lowest BCUT2D eigenvalue weighted by Crippen LogP contribution is -2.66. The number of rotatable bonds is 6. The topological polar surface area (TPSA) is 38.3 Å². The van der Waals surface area contributed by atoms with Crippen LogP contribution in [0.4, 0.5) is 0 Å². The van der Waals surface area contributed by atoms with Crippen molar-refractivity contribution < 1.29 is 9.22 Å². The first kappa shape index (κ1) is 17.0. The summed E-state index contributed by atoms with van der Waals surface area (Å²) < 4.78 is 6.58. The number of halogens is 1. The van der Waals surface area contributed by atoms with Gasteiger partial charge in [0.1, 0.15) is 5.38 Å². The summed E-state index contributed by atoms with van der Waals surface area (Å²) in [7, 11) is -1.90. The molecule has 1 saturated heterocycles. The van der Waals surface area contributed by atoms with Crippen LogP contribution >= 0.6 is 11.6 Å². The Hall–Kier alpha value is -0.0631. The number of alkyl halides is 1. The molecular weight excluding hydrogens is 278 g/mol. The molecule has 0 aliphatic carbocycles. The Kier molecular flexibility index (Phi) is 5.49. The lowest BCUT2D eigenvalue weighted by molar-refractivity contribution is -0.129. The van der Waals surface area contributed by atoms with Gasteiger partial charge in [-0.1, -0.05) is 41.5 Å². The highest BCUT2D eigenvalue weighted by Crippen LogP contribution is 2.43. The highest BCUT2D eigenvalue weighted by Gasteiger charge is 2.50. The van der Waals surface area contributed by atoms with Crippen LogP contribution in [0.1, 0.15) is 48.5 Å². The molecule has 0 bridgehead atoms. The second kappa shape index (κ2) is 6.14. The molecule has 1 fully saturated rings. The van der Waals surface area contributed by atoms with Gasteiger partial charge in [-0.05, 0) is 23.5 Å². The third kappa shape index (κ3) is 3.00. The van der Waals surface area contributed by atoms with Gasteiger partial charge in [-0.15, -0.1) is 11.6 Å². The summed E-state index contributed by atoms with van der Waals surface area (Å²) in [6, 6.07) is -0.0442. The molecule has 3 atom stereocenters. The molecule has 0 unspecified atom stereocenters. The molecule has 0 radical (unpaired) electrons. The minimum absolute atomic E-state index is 0.0148. The van der Waals surface area contributed by atoms with E-state index in [4.69, 9.17) is 16.0 Å². The van der Waals surface area contributed by atoms with Gasteiger partial charge in [0.25, 0.3) is 0 Å². The number of hydrogen-bond acceptors (Lipinski definition) is 2. The summed E-state index contributed by atoms with van der Waals surface area (Å²) in [4.78, 5) is 11.2. The zero-order valence-corrected chi connectivity index (χ0v) is 14.9. The lowest BCUT2D eigenvalue weighted by atomic mass is 10.0. The molecule has 1 N–H and O–H groups in total. The van der Waals surface area contributed by atoms with Crippen LogP contribution in [0.3, 0.4) is 0 Å². The van der Waals surface area contributed by atoms with Crippen LogP contribution in [0.25, 0.3) is 0 Å². The highest BCUT2D eigenvalue weighted by molar-refractivity contribution is 6.77. The van der Waals surface area contributed by atoms with Crippen molar-refractivity contribution in [2.24, 2.45) is 0 Å². The fraction of sp³-hybridized carbons (Fsp3) is 0.929. The van der Waals surface area contributed by atoms with Gasteiger partial charge in [0.05, 0.1) is 12.1 Å². The fourth-order valence-corrected chi connectivity index (χ4v) is 9.48. The van der Waals surface area contributed by atoms with E-state index in [-0.39, 0.29) is 18.1 Å². The molecule has 1 rings (SSSR count). The minimum atomic E-state index is -1.90. The summed E-state index contributed by atoms with van der Waals surface area (Å²) in [5.41, 5.74) is 1.62. The zero-order chi connectivity index (χ0) is 15.0. The number of carbonyl (C=O) groups excluding carboxylic acids is 1. The van der Waals surface area contributed by atoms with Crippen molar-refractivity contribution in [2.45, 2.75) is 82.6 Å². The van der Waals surface area contributed by atoms with Crippen LogP contribution in [0.2, 0.25) is 16.6 Å². The van der Waals surface area contributed by atoms with Gasteiger partial charge in [-0.2, -0.15) is 0 Å². The van der Waals surface area contributed by atoms with Gasteiger partial charge < -0.3 is 9.74 Å². The van der Waals surface area contributed by atoms with Crippen LogP contribution < -0.4 is 5.32 Å². The molecule has 112 valence electrons. The average Bonchev–Trinajstić information content (AvgIpc) is 2.30. The van der Waals surface area contributed by atoms with Gasteiger partial charge >= 0.3 is 0 Å². The van der Waals surface area contributed by atoms with E-state index in [1.54, 1.807) is 0 Å². The standard InChI is InChI=1S/C14H28ClNO2Si/c1-8(2)19(9(3)4,10(5)6)18-11(7)13-12(15)14(17)16-13/h8-13H,1-7H3,(H,16,17)/t11-,12-,13-/m0/s1. The molecule has 1 aliphatic heterocycles. The third-order valence-electron chi connectivity index (χ3n) is 4.48. The van der Waals surface area contributed by atoms with E-state index in [1.165, 1.54) is 0 Å². The second-order valence-electron chi connectivity index (χ2n) is 6.58. The van der Waals surface area contributed by atoms with Crippen LogP contribution in [-0.4, -0.2) is 31.7 Å². The molecule has 0 aromatic rings. The number of amides is 1. The SMILES string of the molecule is CC(C)[Si](O[C@@H](C)[C@@H]1NC(=O)[C@H]1Cl)(C(C)C)C(C)C. The number of β-lactam (4-membered cyclic amide) rings is 1. The van der Waals surface area contributed by atoms with E-state index in [0.29, 0.717) is 16.6 Å². The Morgan fingerprint density at radius 1 is 1.05 bits per heavy atom. The van der Waals surface area contributed by atoms with Gasteiger partial charge in [0, 0.05) is 0 Å². The van der Waals surface area contributed by atoms with Gasteiger partial charge in [0.2, 0.25) is 14.2 Å². The van der Waals surface area contributed by atoms with E-state index in [2.05, 4.69) is 46.9 Å². The highest BCUT2D eigenvalue weighted by atomic mass is 35.5. The van der Waals surface area contributed by atoms with E-state index in [0.717, 1.165) is 0 Å². The summed E-state index contributed by atoms with van der Waals surface area (Å²) >= 11 is 6.05. The van der Waals surface area contributed by atoms with Crippen molar-refractivity contribution in [1.29, 1.82) is 0 Å². The Labute approximate surface area is 123 Å². The molecule has 0 aromatic carbocycles. The molecule has 1 amide bonds. The summed E-state index contributed by atoms with van der Waals surface area (Å²) in [6.07, 6.45) is -0.0148. The predicted octanol–water partition coefficient (Wildman–Crippen LogP) is 3.67. The van der Waals surface area contributed by atoms with Crippen molar-refractivity contribution in [1.82, 2.24) is 5.32 Å². The number of carbonyl (C=O) groups is 1. The molecule has 5 heteroatoms. The largest absolute Gasteiger partial charge is 0.411 e. The van der Waals surface area contributed by atoms with Crippen LogP contribution in [0.15, 0.2) is 0 Å². The van der Waals surface area contributed by atoms with E-state index in [9.17, 15) is 4.79 Å². The van der Waals surface area contributed by atoms with Gasteiger partial charge in [0.15, 0.2) is 0 Å². The zero-order valence-electron chi connectivity index (χ0n) is 13.2. The monoisotopic (exact) mass is 305 g/mol. The smallest absolute Gasteiger partial charge is 0.240 e. The molecular formula is C14H28ClNO2Si. The first-order valence-electron chi connectivity index (χ1n) is 7.26. The van der Waals surface area contributed by atoms with Gasteiger partial charge in [-0.25, -0.2) is 0 Å². The second-order valence-corrected chi connectivity index (χ2v) is 12.5.